The van der Waals surface area contributed by atoms with Crippen LogP contribution in [0.4, 0.5) is 5.69 Å². The van der Waals surface area contributed by atoms with Crippen molar-refractivity contribution in [2.75, 3.05) is 5.32 Å². The number of amides is 2. The van der Waals surface area contributed by atoms with Crippen molar-refractivity contribution >= 4 is 17.5 Å². The van der Waals surface area contributed by atoms with Crippen LogP contribution in [-0.2, 0) is 15.0 Å². The summed E-state index contributed by atoms with van der Waals surface area (Å²) in [4.78, 5) is 34.1. The van der Waals surface area contributed by atoms with E-state index in [9.17, 15) is 9.59 Å². The lowest BCUT2D eigenvalue weighted by atomic mass is 9.76. The van der Waals surface area contributed by atoms with Crippen LogP contribution in [0.25, 0.3) is 0 Å². The average molecular weight is 423 g/mol. The third-order valence-corrected chi connectivity index (χ3v) is 6.05. The first-order valence-electron chi connectivity index (χ1n) is 11.1. The maximum atomic E-state index is 12.8. The summed E-state index contributed by atoms with van der Waals surface area (Å²) >= 11 is 0. The van der Waals surface area contributed by atoms with E-state index in [1.165, 1.54) is 6.42 Å². The van der Waals surface area contributed by atoms with E-state index in [4.69, 9.17) is 0 Å². The highest BCUT2D eigenvalue weighted by atomic mass is 16.2. The molecule has 0 spiro atoms. The van der Waals surface area contributed by atoms with Crippen molar-refractivity contribution in [2.45, 2.75) is 71.8 Å². The van der Waals surface area contributed by atoms with E-state index in [1.54, 1.807) is 12.4 Å². The molecule has 0 saturated heterocycles. The largest absolute Gasteiger partial charge is 0.341 e. The summed E-state index contributed by atoms with van der Waals surface area (Å²) in [7, 11) is 0. The zero-order chi connectivity index (χ0) is 22.6. The van der Waals surface area contributed by atoms with Gasteiger partial charge in [0.2, 0.25) is 0 Å². The average Bonchev–Trinajstić information content (AvgIpc) is 2.72. The third-order valence-electron chi connectivity index (χ3n) is 6.05. The lowest BCUT2D eigenvalue weighted by Crippen LogP contribution is -2.41. The first-order valence-corrected chi connectivity index (χ1v) is 11.1. The molecule has 3 atom stereocenters. The molecule has 1 aromatic heterocycles. The molecule has 1 aliphatic carbocycles. The van der Waals surface area contributed by atoms with Gasteiger partial charge in [-0.3, -0.25) is 9.59 Å². The summed E-state index contributed by atoms with van der Waals surface area (Å²) in [5.74, 6) is 0.285. The number of anilines is 1. The summed E-state index contributed by atoms with van der Waals surface area (Å²) < 4.78 is 0. The first-order chi connectivity index (χ1) is 14.6. The minimum absolute atomic E-state index is 0.179. The molecule has 0 aliphatic heterocycles. The van der Waals surface area contributed by atoms with Gasteiger partial charge in [-0.2, -0.15) is 0 Å². The number of hydrogen-bond donors (Lipinski definition) is 2. The predicted molar refractivity (Wildman–Crippen MR) is 123 cm³/mol. The molecule has 166 valence electrons. The van der Waals surface area contributed by atoms with Crippen LogP contribution in [0.3, 0.4) is 0 Å². The van der Waals surface area contributed by atoms with Crippen LogP contribution in [0.5, 0.6) is 0 Å². The lowest BCUT2D eigenvalue weighted by molar-refractivity contribution is -0.137. The van der Waals surface area contributed by atoms with E-state index in [-0.39, 0.29) is 11.5 Å². The van der Waals surface area contributed by atoms with E-state index in [2.05, 4.69) is 46.6 Å². The van der Waals surface area contributed by atoms with Gasteiger partial charge in [-0.1, -0.05) is 64.8 Å². The summed E-state index contributed by atoms with van der Waals surface area (Å²) in [6.07, 6.45) is 7.54. The Morgan fingerprint density at radius 1 is 1.06 bits per heavy atom. The third kappa shape index (κ3) is 5.90. The van der Waals surface area contributed by atoms with E-state index in [0.717, 1.165) is 30.4 Å². The molecule has 0 bridgehead atoms. The van der Waals surface area contributed by atoms with Gasteiger partial charge in [-0.05, 0) is 42.7 Å². The quantitative estimate of drug-likeness (QED) is 0.699. The van der Waals surface area contributed by atoms with Crippen molar-refractivity contribution < 1.29 is 9.59 Å². The standard InChI is InChI=1S/C25H34N4O2/c1-16-9-8-11-18(13-16)21(20-12-7-6-10-17(20)2)29-23(31)22(30)28-19-14-26-24(27-15-19)25(3,4)5/h6-7,10,12,14-16,18,21H,8-9,11,13H2,1-5H3,(H,28,30)(H,29,31). The smallest absolute Gasteiger partial charge is 0.313 e. The number of carbonyl (C=O) groups is 2. The van der Waals surface area contributed by atoms with Crippen LogP contribution >= 0.6 is 0 Å². The SMILES string of the molecule is Cc1ccccc1C(NC(=O)C(=O)Nc1cnc(C(C)(C)C)nc1)C1CCCC(C)C1. The Bertz CT molecular complexity index is 918. The molecular formula is C25H34N4O2. The monoisotopic (exact) mass is 422 g/mol. The molecule has 2 aromatic rings. The molecule has 3 rings (SSSR count). The van der Waals surface area contributed by atoms with Crippen molar-refractivity contribution in [3.8, 4) is 0 Å². The molecule has 1 saturated carbocycles. The molecule has 3 unspecified atom stereocenters. The fraction of sp³-hybridized carbons (Fsp3) is 0.520. The van der Waals surface area contributed by atoms with Crippen LogP contribution in [0.1, 0.15) is 76.4 Å². The maximum absolute atomic E-state index is 12.8. The number of benzene rings is 1. The number of nitrogens with zero attached hydrogens (tertiary/aromatic N) is 2. The highest BCUT2D eigenvalue weighted by Gasteiger charge is 2.31. The summed E-state index contributed by atoms with van der Waals surface area (Å²) in [6.45, 7) is 10.4. The number of aromatic nitrogens is 2. The highest BCUT2D eigenvalue weighted by Crippen LogP contribution is 2.38. The molecule has 6 heteroatoms. The molecule has 31 heavy (non-hydrogen) atoms. The maximum Gasteiger partial charge on any atom is 0.313 e. The van der Waals surface area contributed by atoms with Crippen LogP contribution in [0.2, 0.25) is 0 Å². The zero-order valence-electron chi connectivity index (χ0n) is 19.2. The van der Waals surface area contributed by atoms with Crippen LogP contribution in [-0.4, -0.2) is 21.8 Å². The van der Waals surface area contributed by atoms with Crippen molar-refractivity contribution in [2.24, 2.45) is 11.8 Å². The number of carbonyl (C=O) groups excluding carboxylic acids is 2. The molecule has 2 amide bonds. The summed E-state index contributed by atoms with van der Waals surface area (Å²) in [5, 5.41) is 5.66. The van der Waals surface area contributed by atoms with Gasteiger partial charge < -0.3 is 10.6 Å². The summed E-state index contributed by atoms with van der Waals surface area (Å²) in [6, 6.07) is 7.91. The normalized spacial score (nSPS) is 20.0. The van der Waals surface area contributed by atoms with Crippen molar-refractivity contribution in [1.29, 1.82) is 0 Å². The number of aryl methyl sites for hydroxylation is 1. The van der Waals surface area contributed by atoms with E-state index < -0.39 is 11.8 Å². The Morgan fingerprint density at radius 2 is 1.74 bits per heavy atom. The fourth-order valence-electron chi connectivity index (χ4n) is 4.34. The van der Waals surface area contributed by atoms with Gasteiger partial charge in [0.15, 0.2) is 0 Å². The predicted octanol–water partition coefficient (Wildman–Crippen LogP) is 4.70. The lowest BCUT2D eigenvalue weighted by Gasteiger charge is -2.34. The molecule has 1 aliphatic rings. The molecule has 1 aromatic carbocycles. The zero-order valence-corrected chi connectivity index (χ0v) is 19.2. The summed E-state index contributed by atoms with van der Waals surface area (Å²) in [5.41, 5.74) is 2.43. The van der Waals surface area contributed by atoms with Crippen molar-refractivity contribution in [3.63, 3.8) is 0 Å². The second-order valence-electron chi connectivity index (χ2n) is 9.84. The molecule has 0 radical (unpaired) electrons. The van der Waals surface area contributed by atoms with Crippen molar-refractivity contribution in [3.05, 3.63) is 53.6 Å². The Morgan fingerprint density at radius 3 is 2.35 bits per heavy atom. The van der Waals surface area contributed by atoms with Crippen LogP contribution in [0, 0.1) is 18.8 Å². The molecular weight excluding hydrogens is 388 g/mol. The van der Waals surface area contributed by atoms with Gasteiger partial charge in [0.05, 0.1) is 24.1 Å². The minimum Gasteiger partial charge on any atom is -0.341 e. The second kappa shape index (κ2) is 9.58. The van der Waals surface area contributed by atoms with Gasteiger partial charge in [0.1, 0.15) is 5.82 Å². The molecule has 1 heterocycles. The Balaban J connectivity index is 1.73. The van der Waals surface area contributed by atoms with Gasteiger partial charge >= 0.3 is 11.8 Å². The molecule has 1 fully saturated rings. The Labute approximate surface area is 185 Å². The van der Waals surface area contributed by atoms with Gasteiger partial charge in [0.25, 0.3) is 0 Å². The minimum atomic E-state index is -0.699. The van der Waals surface area contributed by atoms with E-state index in [0.29, 0.717) is 23.3 Å². The topological polar surface area (TPSA) is 84.0 Å². The van der Waals surface area contributed by atoms with E-state index >= 15 is 0 Å². The second-order valence-corrected chi connectivity index (χ2v) is 9.84. The van der Waals surface area contributed by atoms with Gasteiger partial charge in [0, 0.05) is 5.41 Å². The Hall–Kier alpha value is -2.76. The number of rotatable bonds is 4. The van der Waals surface area contributed by atoms with Crippen molar-refractivity contribution in [1.82, 2.24) is 15.3 Å². The van der Waals surface area contributed by atoms with Crippen LogP contribution < -0.4 is 10.6 Å². The first kappa shape index (κ1) is 22.9. The molecule has 2 N–H and O–H groups in total. The van der Waals surface area contributed by atoms with Gasteiger partial charge in [-0.15, -0.1) is 0 Å². The number of hydrogen-bond acceptors (Lipinski definition) is 4. The van der Waals surface area contributed by atoms with Crippen LogP contribution in [0.15, 0.2) is 36.7 Å². The Kier molecular flexibility index (Phi) is 7.08. The highest BCUT2D eigenvalue weighted by molar-refractivity contribution is 6.39. The number of nitrogens with one attached hydrogen (secondary N) is 2. The fourth-order valence-corrected chi connectivity index (χ4v) is 4.34. The van der Waals surface area contributed by atoms with Gasteiger partial charge in [-0.25, -0.2) is 9.97 Å². The molecule has 6 nitrogen and oxygen atoms in total. The van der Waals surface area contributed by atoms with E-state index in [1.807, 2.05) is 32.9 Å².